The molecule has 1 N–H and O–H groups in total. The smallest absolute Gasteiger partial charge is 0.203 e. The molecule has 3 aromatic carbocycles. The van der Waals surface area contributed by atoms with Gasteiger partial charge in [0.05, 0.1) is 11.9 Å². The van der Waals surface area contributed by atoms with Crippen molar-refractivity contribution < 1.29 is 4.74 Å². The molecule has 4 nitrogen and oxygen atoms in total. The molecule has 0 unspecified atom stereocenters. The minimum atomic E-state index is 0.518. The molecule has 0 spiro atoms. The van der Waals surface area contributed by atoms with Crippen molar-refractivity contribution in [2.24, 2.45) is 5.10 Å². The highest BCUT2D eigenvalue weighted by Crippen LogP contribution is 2.28. The number of ether oxygens (including phenoxy) is 1. The van der Waals surface area contributed by atoms with Crippen LogP contribution in [-0.4, -0.2) is 11.2 Å². The Morgan fingerprint density at radius 1 is 0.968 bits per heavy atom. The molecule has 0 saturated carbocycles. The number of para-hydroxylation sites is 1. The Labute approximate surface area is 187 Å². The third-order valence-corrected chi connectivity index (χ3v) is 5.71. The Kier molecular flexibility index (Phi) is 6.43. The number of aryl methyl sites for hydroxylation is 3. The van der Waals surface area contributed by atoms with Crippen LogP contribution in [0.3, 0.4) is 0 Å². The Bertz CT molecular complexity index is 1200. The molecule has 4 aromatic rings. The van der Waals surface area contributed by atoms with Gasteiger partial charge in [-0.25, -0.2) is 4.98 Å². The lowest BCUT2D eigenvalue weighted by Gasteiger charge is -2.09. The van der Waals surface area contributed by atoms with Crippen LogP contribution in [0.2, 0.25) is 0 Å². The summed E-state index contributed by atoms with van der Waals surface area (Å²) in [5, 5.41) is 7.18. The van der Waals surface area contributed by atoms with E-state index in [1.54, 1.807) is 6.21 Å². The van der Waals surface area contributed by atoms with Gasteiger partial charge in [-0.15, -0.1) is 11.3 Å². The van der Waals surface area contributed by atoms with Crippen LogP contribution in [0.25, 0.3) is 11.3 Å². The number of rotatable bonds is 7. The zero-order valence-corrected chi connectivity index (χ0v) is 18.7. The number of aromatic nitrogens is 1. The average molecular weight is 428 g/mol. The van der Waals surface area contributed by atoms with Gasteiger partial charge < -0.3 is 4.74 Å². The largest absolute Gasteiger partial charge is 0.488 e. The first-order valence-electron chi connectivity index (χ1n) is 10.2. The van der Waals surface area contributed by atoms with Gasteiger partial charge in [-0.05, 0) is 44.0 Å². The van der Waals surface area contributed by atoms with Crippen molar-refractivity contribution in [1.82, 2.24) is 4.98 Å². The maximum atomic E-state index is 6.02. The first-order valence-corrected chi connectivity index (χ1v) is 11.1. The zero-order valence-electron chi connectivity index (χ0n) is 17.9. The van der Waals surface area contributed by atoms with E-state index in [9.17, 15) is 0 Å². The van der Waals surface area contributed by atoms with Gasteiger partial charge in [-0.1, -0.05) is 65.7 Å². The Morgan fingerprint density at radius 2 is 1.74 bits per heavy atom. The molecule has 0 bridgehead atoms. The first-order chi connectivity index (χ1) is 15.1. The molecule has 4 rings (SSSR count). The fraction of sp³-hybridized carbons (Fsp3) is 0.154. The van der Waals surface area contributed by atoms with Gasteiger partial charge in [-0.2, -0.15) is 5.10 Å². The summed E-state index contributed by atoms with van der Waals surface area (Å²) in [5.41, 5.74) is 10.9. The van der Waals surface area contributed by atoms with E-state index in [4.69, 9.17) is 4.74 Å². The number of nitrogens with one attached hydrogen (secondary N) is 1. The third-order valence-electron chi connectivity index (χ3n) is 4.96. The van der Waals surface area contributed by atoms with Gasteiger partial charge in [0, 0.05) is 16.5 Å². The van der Waals surface area contributed by atoms with Crippen molar-refractivity contribution in [2.45, 2.75) is 27.4 Å². The number of anilines is 1. The summed E-state index contributed by atoms with van der Waals surface area (Å²) in [5.74, 6) is 0.795. The number of nitrogens with zero attached hydrogens (tertiary/aromatic N) is 2. The Hall–Kier alpha value is -3.44. The van der Waals surface area contributed by atoms with Gasteiger partial charge in [0.15, 0.2) is 0 Å². The fourth-order valence-electron chi connectivity index (χ4n) is 3.27. The zero-order chi connectivity index (χ0) is 21.6. The quantitative estimate of drug-likeness (QED) is 0.262. The van der Waals surface area contributed by atoms with Crippen LogP contribution in [0.15, 0.2) is 77.2 Å². The van der Waals surface area contributed by atoms with E-state index in [1.165, 1.54) is 28.0 Å². The highest BCUT2D eigenvalue weighted by Gasteiger charge is 2.07. The maximum absolute atomic E-state index is 6.02. The molecule has 1 aromatic heterocycles. The van der Waals surface area contributed by atoms with E-state index in [2.05, 4.69) is 78.7 Å². The van der Waals surface area contributed by atoms with E-state index in [1.807, 2.05) is 29.6 Å². The molecule has 0 saturated heterocycles. The maximum Gasteiger partial charge on any atom is 0.203 e. The van der Waals surface area contributed by atoms with Crippen LogP contribution >= 0.6 is 11.3 Å². The van der Waals surface area contributed by atoms with Crippen LogP contribution in [0, 0.1) is 20.8 Å². The molecule has 0 atom stereocenters. The molecule has 0 aliphatic rings. The molecule has 0 radical (unpaired) electrons. The number of thiazole rings is 1. The van der Waals surface area contributed by atoms with Gasteiger partial charge in [0.2, 0.25) is 5.13 Å². The second kappa shape index (κ2) is 9.58. The monoisotopic (exact) mass is 427 g/mol. The number of hydrogen-bond acceptors (Lipinski definition) is 5. The van der Waals surface area contributed by atoms with E-state index in [-0.39, 0.29) is 0 Å². The van der Waals surface area contributed by atoms with Crippen LogP contribution in [0.1, 0.15) is 27.8 Å². The lowest BCUT2D eigenvalue weighted by molar-refractivity contribution is 0.306. The normalized spacial score (nSPS) is 11.1. The standard InChI is InChI=1S/C26H25N3OS/c1-18-8-11-21(12-9-18)16-30-25-7-5-4-6-22(25)15-27-29-26-28-24(17-31-26)23-13-10-19(2)14-20(23)3/h4-15,17H,16H2,1-3H3,(H,28,29)/b27-15-. The van der Waals surface area contributed by atoms with E-state index in [0.717, 1.165) is 33.3 Å². The van der Waals surface area contributed by atoms with Gasteiger partial charge in [0.25, 0.3) is 0 Å². The van der Waals surface area contributed by atoms with Crippen molar-refractivity contribution in [3.8, 4) is 17.0 Å². The number of hydrogen-bond donors (Lipinski definition) is 1. The SMILES string of the molecule is Cc1ccc(COc2ccccc2/C=N\Nc2nc(-c3ccc(C)cc3C)cs2)cc1. The summed E-state index contributed by atoms with van der Waals surface area (Å²) in [7, 11) is 0. The average Bonchev–Trinajstić information content (AvgIpc) is 3.23. The van der Waals surface area contributed by atoms with Crippen LogP contribution in [0.4, 0.5) is 5.13 Å². The summed E-state index contributed by atoms with van der Waals surface area (Å²) in [4.78, 5) is 4.67. The molecule has 5 heteroatoms. The molecular weight excluding hydrogens is 402 g/mol. The molecule has 0 aliphatic heterocycles. The van der Waals surface area contributed by atoms with Crippen molar-refractivity contribution >= 4 is 22.7 Å². The molecule has 156 valence electrons. The van der Waals surface area contributed by atoms with E-state index < -0.39 is 0 Å². The summed E-state index contributed by atoms with van der Waals surface area (Å²) in [6.45, 7) is 6.81. The van der Waals surface area contributed by atoms with Gasteiger partial charge in [-0.3, -0.25) is 5.43 Å². The molecule has 1 heterocycles. The number of hydrazone groups is 1. The fourth-order valence-corrected chi connectivity index (χ4v) is 3.93. The minimum absolute atomic E-state index is 0.518. The summed E-state index contributed by atoms with van der Waals surface area (Å²) in [6, 6.07) is 22.6. The summed E-state index contributed by atoms with van der Waals surface area (Å²) in [6.07, 6.45) is 1.77. The number of benzene rings is 3. The molecule has 0 fully saturated rings. The summed E-state index contributed by atoms with van der Waals surface area (Å²) < 4.78 is 6.02. The predicted octanol–water partition coefficient (Wildman–Crippen LogP) is 6.76. The molecule has 0 aliphatic carbocycles. The van der Waals surface area contributed by atoms with Crippen molar-refractivity contribution in [1.29, 1.82) is 0 Å². The highest BCUT2D eigenvalue weighted by atomic mass is 32.1. The lowest BCUT2D eigenvalue weighted by atomic mass is 10.0. The minimum Gasteiger partial charge on any atom is -0.488 e. The second-order valence-corrected chi connectivity index (χ2v) is 8.40. The first kappa shape index (κ1) is 20.8. The molecule has 0 amide bonds. The second-order valence-electron chi connectivity index (χ2n) is 7.54. The molecular formula is C26H25N3OS. The Morgan fingerprint density at radius 3 is 2.55 bits per heavy atom. The lowest BCUT2D eigenvalue weighted by Crippen LogP contribution is -1.99. The Balaban J connectivity index is 1.41. The third kappa shape index (κ3) is 5.38. The van der Waals surface area contributed by atoms with E-state index >= 15 is 0 Å². The van der Waals surface area contributed by atoms with Gasteiger partial charge >= 0.3 is 0 Å². The highest BCUT2D eigenvalue weighted by molar-refractivity contribution is 7.14. The van der Waals surface area contributed by atoms with Crippen LogP contribution < -0.4 is 10.2 Å². The molecule has 31 heavy (non-hydrogen) atoms. The van der Waals surface area contributed by atoms with Crippen LogP contribution in [-0.2, 0) is 6.61 Å². The van der Waals surface area contributed by atoms with Crippen molar-refractivity contribution in [3.05, 3.63) is 99.9 Å². The van der Waals surface area contributed by atoms with Crippen LogP contribution in [0.5, 0.6) is 5.75 Å². The van der Waals surface area contributed by atoms with Crippen molar-refractivity contribution in [3.63, 3.8) is 0 Å². The summed E-state index contributed by atoms with van der Waals surface area (Å²) >= 11 is 1.54. The van der Waals surface area contributed by atoms with Gasteiger partial charge in [0.1, 0.15) is 12.4 Å². The topological polar surface area (TPSA) is 46.5 Å². The van der Waals surface area contributed by atoms with Crippen molar-refractivity contribution in [2.75, 3.05) is 5.43 Å². The predicted molar refractivity (Wildman–Crippen MR) is 130 cm³/mol. The van der Waals surface area contributed by atoms with E-state index in [0.29, 0.717) is 6.61 Å².